The van der Waals surface area contributed by atoms with E-state index in [0.29, 0.717) is 24.9 Å². The molecular weight excluding hydrogens is 463 g/mol. The number of rotatable bonds is 4. The maximum absolute atomic E-state index is 15.2. The topological polar surface area (TPSA) is 129 Å². The predicted molar refractivity (Wildman–Crippen MR) is 120 cm³/mol. The molecule has 0 aliphatic carbocycles. The van der Waals surface area contributed by atoms with Crippen LogP contribution < -0.4 is 4.90 Å². The fourth-order valence-corrected chi connectivity index (χ4v) is 4.30. The fraction of sp³-hybridized carbons (Fsp3) is 0.412. The van der Waals surface area contributed by atoms with E-state index < -0.39 is 32.9 Å². The minimum Gasteiger partial charge on any atom is -0.351 e. The minimum atomic E-state index is -2.67. The maximum atomic E-state index is 15.2. The quantitative estimate of drug-likeness (QED) is 0.261. The van der Waals surface area contributed by atoms with Crippen LogP contribution in [0.1, 0.15) is 5.56 Å². The Kier molecular flexibility index (Phi) is 7.20. The number of nitrogens with one attached hydrogen (secondary N) is 2. The largest absolute Gasteiger partial charge is 0.351 e. The van der Waals surface area contributed by atoms with E-state index in [1.165, 1.54) is 15.6 Å². The van der Waals surface area contributed by atoms with Crippen LogP contribution in [0.3, 0.4) is 0 Å². The first-order valence-corrected chi connectivity index (χ1v) is 11.2. The van der Waals surface area contributed by atoms with Crippen LogP contribution in [0.5, 0.6) is 0 Å². The van der Waals surface area contributed by atoms with Gasteiger partial charge < -0.3 is 19.3 Å². The Morgan fingerprint density at radius 2 is 1.97 bits per heavy atom. The number of thioether (sulfide) groups is 1. The SMILES string of the molecule is [B]C(F)C(=N)SC(=N)c1cnn2c(N3CCN(C(=O)N(C)C)CC3)c(F)c(S(=O)O)cc12. The number of fused-ring (bicyclic) bond motifs is 1. The van der Waals surface area contributed by atoms with Crippen molar-refractivity contribution in [1.29, 1.82) is 10.8 Å². The van der Waals surface area contributed by atoms with Crippen LogP contribution in [0.25, 0.3) is 5.52 Å². The zero-order chi connectivity index (χ0) is 23.7. The first-order valence-electron chi connectivity index (χ1n) is 9.30. The third kappa shape index (κ3) is 4.64. The summed E-state index contributed by atoms with van der Waals surface area (Å²) in [5.74, 6) is -1.03. The van der Waals surface area contributed by atoms with E-state index in [1.54, 1.807) is 23.9 Å². The zero-order valence-corrected chi connectivity index (χ0v) is 18.8. The Labute approximate surface area is 190 Å². The van der Waals surface area contributed by atoms with Gasteiger partial charge in [-0.2, -0.15) is 5.10 Å². The summed E-state index contributed by atoms with van der Waals surface area (Å²) in [4.78, 5) is 16.3. The molecule has 2 aromatic heterocycles. The van der Waals surface area contributed by atoms with Gasteiger partial charge in [0.15, 0.2) is 22.7 Å². The number of urea groups is 1. The number of alkyl halides is 1. The Morgan fingerprint density at radius 3 is 2.50 bits per heavy atom. The lowest BCUT2D eigenvalue weighted by Gasteiger charge is -2.37. The van der Waals surface area contributed by atoms with Crippen molar-refractivity contribution in [2.75, 3.05) is 45.2 Å². The summed E-state index contributed by atoms with van der Waals surface area (Å²) in [7, 11) is 8.28. The number of anilines is 1. The molecule has 1 fully saturated rings. The lowest BCUT2D eigenvalue weighted by Crippen LogP contribution is -2.52. The molecule has 170 valence electrons. The van der Waals surface area contributed by atoms with Gasteiger partial charge in [0.25, 0.3) is 0 Å². The number of piperazine rings is 1. The third-order valence-corrected chi connectivity index (χ3v) is 6.36. The molecule has 2 amide bonds. The summed E-state index contributed by atoms with van der Waals surface area (Å²) in [5, 5.41) is 18.9. The summed E-state index contributed by atoms with van der Waals surface area (Å²) in [6.07, 6.45) is -0.822. The molecule has 2 unspecified atom stereocenters. The normalized spacial score (nSPS) is 16.2. The van der Waals surface area contributed by atoms with Crippen LogP contribution >= 0.6 is 11.8 Å². The molecule has 3 N–H and O–H groups in total. The van der Waals surface area contributed by atoms with Crippen molar-refractivity contribution in [1.82, 2.24) is 19.4 Å². The molecular formula is C17H20BF2N7O3S2. The van der Waals surface area contributed by atoms with E-state index in [0.717, 1.165) is 6.07 Å². The molecule has 3 rings (SSSR count). The van der Waals surface area contributed by atoms with Gasteiger partial charge in [-0.1, -0.05) is 11.8 Å². The standard InChI is InChI=1S/C17H20BF2N7O3S2/c1-24(2)17(28)26-5-3-25(4-6-26)16-12(19)11(32(29)30)7-10-9(8-23-27(10)16)14(21)31-15(22)13(18)20/h7-8,13,21-22H,3-6H2,1-2H3,(H,29,30). The number of nitrogens with zero attached hydrogens (tertiary/aromatic N) is 5. The van der Waals surface area contributed by atoms with Crippen molar-refractivity contribution in [2.24, 2.45) is 0 Å². The molecule has 2 radical (unpaired) electrons. The van der Waals surface area contributed by atoms with Crippen molar-refractivity contribution in [3.63, 3.8) is 0 Å². The predicted octanol–water partition coefficient (Wildman–Crippen LogP) is 1.36. The minimum absolute atomic E-state index is 0.0850. The summed E-state index contributed by atoms with van der Waals surface area (Å²) < 4.78 is 51.0. The molecule has 0 spiro atoms. The Bertz CT molecular complexity index is 1100. The molecule has 0 bridgehead atoms. The van der Waals surface area contributed by atoms with Gasteiger partial charge in [0.05, 0.1) is 22.3 Å². The summed E-state index contributed by atoms with van der Waals surface area (Å²) in [6, 6.07) is 0.915. The monoisotopic (exact) mass is 483 g/mol. The zero-order valence-electron chi connectivity index (χ0n) is 17.2. The second-order valence-corrected chi connectivity index (χ2v) is 9.09. The van der Waals surface area contributed by atoms with Crippen LogP contribution in [0, 0.1) is 16.6 Å². The van der Waals surface area contributed by atoms with Crippen molar-refractivity contribution < 1.29 is 22.3 Å². The Balaban J connectivity index is 2.01. The molecule has 1 aliphatic rings. The molecule has 1 saturated heterocycles. The highest BCUT2D eigenvalue weighted by molar-refractivity contribution is 8.27. The number of carbonyl (C=O) groups excluding carboxylic acids is 1. The number of hydrogen-bond acceptors (Lipinski definition) is 7. The van der Waals surface area contributed by atoms with Gasteiger partial charge in [-0.25, -0.2) is 17.9 Å². The molecule has 1 aliphatic heterocycles. The molecule has 15 heteroatoms. The van der Waals surface area contributed by atoms with Crippen molar-refractivity contribution >= 4 is 58.1 Å². The second kappa shape index (κ2) is 9.54. The van der Waals surface area contributed by atoms with Gasteiger partial charge in [0, 0.05) is 40.3 Å². The molecule has 3 heterocycles. The fourth-order valence-electron chi connectivity index (χ4n) is 3.24. The molecule has 10 nitrogen and oxygen atoms in total. The van der Waals surface area contributed by atoms with Crippen LogP contribution in [0.4, 0.5) is 19.4 Å². The van der Waals surface area contributed by atoms with E-state index in [4.69, 9.17) is 18.7 Å². The number of halogens is 2. The van der Waals surface area contributed by atoms with Gasteiger partial charge >= 0.3 is 6.03 Å². The van der Waals surface area contributed by atoms with Gasteiger partial charge in [0.1, 0.15) is 23.9 Å². The average molecular weight is 483 g/mol. The van der Waals surface area contributed by atoms with Crippen molar-refractivity contribution in [3.8, 4) is 0 Å². The average Bonchev–Trinajstić information content (AvgIpc) is 3.16. The molecule has 32 heavy (non-hydrogen) atoms. The van der Waals surface area contributed by atoms with Crippen LogP contribution in [-0.2, 0) is 11.1 Å². The highest BCUT2D eigenvalue weighted by Crippen LogP contribution is 2.30. The van der Waals surface area contributed by atoms with Crippen LogP contribution in [0.15, 0.2) is 17.2 Å². The van der Waals surface area contributed by atoms with Gasteiger partial charge in [-0.05, 0) is 6.07 Å². The number of pyridine rings is 1. The van der Waals surface area contributed by atoms with E-state index >= 15 is 4.39 Å². The molecule has 2 atom stereocenters. The van der Waals surface area contributed by atoms with Crippen LogP contribution in [-0.4, -0.2) is 98.5 Å². The second-order valence-electron chi connectivity index (χ2n) is 7.10. The van der Waals surface area contributed by atoms with E-state index in [9.17, 15) is 17.9 Å². The molecule has 2 aromatic rings. The summed E-state index contributed by atoms with van der Waals surface area (Å²) >= 11 is -2.20. The maximum Gasteiger partial charge on any atom is 0.319 e. The highest BCUT2D eigenvalue weighted by atomic mass is 32.2. The van der Waals surface area contributed by atoms with Gasteiger partial charge in [-0.3, -0.25) is 15.2 Å². The van der Waals surface area contributed by atoms with Gasteiger partial charge in [0.2, 0.25) is 0 Å². The molecule has 0 saturated carbocycles. The smallest absolute Gasteiger partial charge is 0.319 e. The molecule has 0 aromatic carbocycles. The lowest BCUT2D eigenvalue weighted by molar-refractivity contribution is 0.167. The van der Waals surface area contributed by atoms with E-state index in [1.807, 2.05) is 0 Å². The number of amides is 2. The first kappa shape index (κ1) is 24.1. The third-order valence-electron chi connectivity index (χ3n) is 4.82. The summed E-state index contributed by atoms with van der Waals surface area (Å²) in [5.41, 5.74) is 0.262. The first-order chi connectivity index (χ1) is 15.0. The lowest BCUT2D eigenvalue weighted by atomic mass is 10.0. The van der Waals surface area contributed by atoms with E-state index in [2.05, 4.69) is 5.10 Å². The van der Waals surface area contributed by atoms with Crippen molar-refractivity contribution in [2.45, 2.75) is 11.0 Å². The number of carbonyl (C=O) groups is 1. The Hall–Kier alpha value is -2.52. The van der Waals surface area contributed by atoms with Crippen molar-refractivity contribution in [3.05, 3.63) is 23.6 Å². The summed E-state index contributed by atoms with van der Waals surface area (Å²) in [6.45, 7) is 1.09. The Morgan fingerprint density at radius 1 is 1.34 bits per heavy atom. The number of hydrogen-bond donors (Lipinski definition) is 3. The number of aromatic nitrogens is 2. The van der Waals surface area contributed by atoms with E-state index in [-0.39, 0.29) is 41.1 Å². The van der Waals surface area contributed by atoms with Crippen LogP contribution in [0.2, 0.25) is 0 Å². The van der Waals surface area contributed by atoms with Gasteiger partial charge in [-0.15, -0.1) is 0 Å². The highest BCUT2D eigenvalue weighted by Gasteiger charge is 2.29.